The van der Waals surface area contributed by atoms with Crippen molar-refractivity contribution in [3.63, 3.8) is 0 Å². The molecule has 0 saturated carbocycles. The third-order valence-corrected chi connectivity index (χ3v) is 5.44. The third-order valence-electron chi connectivity index (χ3n) is 5.44. The van der Waals surface area contributed by atoms with E-state index in [0.29, 0.717) is 23.7 Å². The van der Waals surface area contributed by atoms with Crippen molar-refractivity contribution in [2.24, 2.45) is 5.92 Å². The molecule has 0 saturated heterocycles. The number of nitro benzene ring substituents is 1. The number of aromatic nitrogens is 1. The van der Waals surface area contributed by atoms with Crippen molar-refractivity contribution in [2.45, 2.75) is 39.5 Å². The fourth-order valence-electron chi connectivity index (χ4n) is 3.52. The van der Waals surface area contributed by atoms with Gasteiger partial charge < -0.3 is 14.8 Å². The van der Waals surface area contributed by atoms with Crippen LogP contribution in [0.25, 0.3) is 22.0 Å². The van der Waals surface area contributed by atoms with Crippen molar-refractivity contribution in [1.82, 2.24) is 4.98 Å². The standard InChI is InChI=1S/C23H26N2O5/c1-3-15(4-2)14-30-23-19(17-6-7-20-18(13-17)9-10-24-20)11-16(5-8-22(26)27)12-21(23)25(28)29/h6-7,9-13,15,24H,3-5,8,14H2,1-2H3,(H,26,27). The van der Waals surface area contributed by atoms with Crippen LogP contribution >= 0.6 is 0 Å². The number of rotatable bonds is 10. The van der Waals surface area contributed by atoms with Crippen LogP contribution in [0.1, 0.15) is 38.7 Å². The molecule has 0 aliphatic rings. The fraction of sp³-hybridized carbons (Fsp3) is 0.348. The molecule has 0 unspecified atom stereocenters. The Morgan fingerprint density at radius 3 is 2.63 bits per heavy atom. The zero-order valence-electron chi connectivity index (χ0n) is 17.2. The van der Waals surface area contributed by atoms with E-state index in [9.17, 15) is 14.9 Å². The van der Waals surface area contributed by atoms with E-state index in [2.05, 4.69) is 18.8 Å². The number of carboxylic acids is 1. The highest BCUT2D eigenvalue weighted by Crippen LogP contribution is 2.41. The number of hydrogen-bond donors (Lipinski definition) is 2. The molecule has 3 rings (SSSR count). The van der Waals surface area contributed by atoms with E-state index in [0.717, 1.165) is 29.3 Å². The second-order valence-corrected chi connectivity index (χ2v) is 7.42. The topological polar surface area (TPSA) is 105 Å². The first-order chi connectivity index (χ1) is 14.4. The maximum absolute atomic E-state index is 11.9. The van der Waals surface area contributed by atoms with Crippen LogP contribution in [0.4, 0.5) is 5.69 Å². The Balaban J connectivity index is 2.12. The van der Waals surface area contributed by atoms with Gasteiger partial charge in [0.05, 0.1) is 11.5 Å². The molecule has 0 amide bonds. The van der Waals surface area contributed by atoms with Crippen molar-refractivity contribution >= 4 is 22.6 Å². The number of aryl methyl sites for hydroxylation is 1. The lowest BCUT2D eigenvalue weighted by Crippen LogP contribution is -2.12. The zero-order chi connectivity index (χ0) is 21.7. The lowest BCUT2D eigenvalue weighted by Gasteiger charge is -2.18. The number of benzene rings is 2. The molecular formula is C23H26N2O5. The Morgan fingerprint density at radius 2 is 1.97 bits per heavy atom. The summed E-state index contributed by atoms with van der Waals surface area (Å²) < 4.78 is 6.04. The number of H-pyrrole nitrogens is 1. The molecule has 0 atom stereocenters. The summed E-state index contributed by atoms with van der Waals surface area (Å²) in [6, 6.07) is 10.9. The van der Waals surface area contributed by atoms with E-state index in [4.69, 9.17) is 9.84 Å². The SMILES string of the molecule is CCC(CC)COc1c(-c2ccc3[nH]ccc3c2)cc(CCC(=O)O)cc1[N+](=O)[O-]. The minimum Gasteiger partial charge on any atom is -0.486 e. The monoisotopic (exact) mass is 410 g/mol. The van der Waals surface area contributed by atoms with Crippen LogP contribution in [-0.4, -0.2) is 27.6 Å². The van der Waals surface area contributed by atoms with E-state index in [1.165, 1.54) is 6.07 Å². The minimum absolute atomic E-state index is 0.0958. The largest absolute Gasteiger partial charge is 0.486 e. The van der Waals surface area contributed by atoms with Gasteiger partial charge in [-0.1, -0.05) is 32.8 Å². The van der Waals surface area contributed by atoms with Gasteiger partial charge in [-0.3, -0.25) is 14.9 Å². The Labute approximate surface area is 174 Å². The molecule has 0 aliphatic heterocycles. The summed E-state index contributed by atoms with van der Waals surface area (Å²) in [6.07, 6.45) is 3.80. The number of nitrogens with one attached hydrogen (secondary N) is 1. The Hall–Kier alpha value is -3.35. The van der Waals surface area contributed by atoms with Crippen LogP contribution in [0.2, 0.25) is 0 Å². The van der Waals surface area contributed by atoms with E-state index in [1.807, 2.05) is 36.5 Å². The number of carboxylic acid groups (broad SMARTS) is 1. The third kappa shape index (κ3) is 4.79. The molecule has 0 radical (unpaired) electrons. The summed E-state index contributed by atoms with van der Waals surface area (Å²) in [6.45, 7) is 4.53. The van der Waals surface area contributed by atoms with Gasteiger partial charge in [-0.25, -0.2) is 0 Å². The highest BCUT2D eigenvalue weighted by Gasteiger charge is 2.24. The molecule has 2 aromatic carbocycles. The first-order valence-electron chi connectivity index (χ1n) is 10.2. The normalized spacial score (nSPS) is 11.2. The van der Waals surface area contributed by atoms with Crippen LogP contribution in [-0.2, 0) is 11.2 Å². The molecule has 7 nitrogen and oxygen atoms in total. The number of carbonyl (C=O) groups is 1. The molecule has 1 heterocycles. The highest BCUT2D eigenvalue weighted by molar-refractivity contribution is 5.87. The number of ether oxygens (including phenoxy) is 1. The fourth-order valence-corrected chi connectivity index (χ4v) is 3.52. The molecule has 2 N–H and O–H groups in total. The van der Waals surface area contributed by atoms with Gasteiger partial charge in [0.1, 0.15) is 0 Å². The van der Waals surface area contributed by atoms with Crippen LogP contribution in [0.3, 0.4) is 0 Å². The second kappa shape index (κ2) is 9.43. The first-order valence-corrected chi connectivity index (χ1v) is 10.2. The highest BCUT2D eigenvalue weighted by atomic mass is 16.6. The van der Waals surface area contributed by atoms with Gasteiger partial charge in [-0.05, 0) is 53.1 Å². The number of fused-ring (bicyclic) bond motifs is 1. The van der Waals surface area contributed by atoms with Gasteiger partial charge in [-0.2, -0.15) is 0 Å². The molecule has 1 aromatic heterocycles. The van der Waals surface area contributed by atoms with Crippen molar-refractivity contribution in [3.8, 4) is 16.9 Å². The molecule has 0 spiro atoms. The Bertz CT molecular complexity index is 1050. The number of aromatic amines is 1. The van der Waals surface area contributed by atoms with Crippen LogP contribution < -0.4 is 4.74 Å². The first kappa shape index (κ1) is 21.4. The van der Waals surface area contributed by atoms with Crippen molar-refractivity contribution < 1.29 is 19.6 Å². The number of nitro groups is 1. The lowest BCUT2D eigenvalue weighted by atomic mass is 9.97. The van der Waals surface area contributed by atoms with Gasteiger partial charge >= 0.3 is 11.7 Å². The van der Waals surface area contributed by atoms with Gasteiger partial charge in [-0.15, -0.1) is 0 Å². The predicted octanol–water partition coefficient (Wildman–Crippen LogP) is 5.58. The van der Waals surface area contributed by atoms with E-state index in [1.54, 1.807) is 0 Å². The Morgan fingerprint density at radius 1 is 1.20 bits per heavy atom. The Kier molecular flexibility index (Phi) is 6.72. The van der Waals surface area contributed by atoms with Gasteiger partial charge in [0.25, 0.3) is 0 Å². The van der Waals surface area contributed by atoms with Gasteiger partial charge in [0.2, 0.25) is 5.75 Å². The summed E-state index contributed by atoms with van der Waals surface area (Å²) in [5, 5.41) is 21.9. The molecule has 0 fully saturated rings. The maximum Gasteiger partial charge on any atom is 0.311 e. The average Bonchev–Trinajstić information content (AvgIpc) is 3.20. The molecule has 30 heavy (non-hydrogen) atoms. The molecular weight excluding hydrogens is 384 g/mol. The summed E-state index contributed by atoms with van der Waals surface area (Å²) in [7, 11) is 0. The number of aliphatic carboxylic acids is 1. The quantitative estimate of drug-likeness (QED) is 0.335. The zero-order valence-corrected chi connectivity index (χ0v) is 17.2. The summed E-state index contributed by atoms with van der Waals surface area (Å²) in [5.74, 6) is -0.404. The van der Waals surface area contributed by atoms with E-state index < -0.39 is 10.9 Å². The predicted molar refractivity (Wildman–Crippen MR) is 116 cm³/mol. The number of hydrogen-bond acceptors (Lipinski definition) is 4. The lowest BCUT2D eigenvalue weighted by molar-refractivity contribution is -0.385. The van der Waals surface area contributed by atoms with Crippen molar-refractivity contribution in [3.05, 3.63) is 58.3 Å². The molecule has 158 valence electrons. The molecule has 0 aliphatic carbocycles. The summed E-state index contributed by atoms with van der Waals surface area (Å²) in [4.78, 5) is 25.5. The van der Waals surface area contributed by atoms with Gasteiger partial charge in [0.15, 0.2) is 0 Å². The summed E-state index contributed by atoms with van der Waals surface area (Å²) in [5.41, 5.74) is 2.84. The van der Waals surface area contributed by atoms with Crippen LogP contribution in [0.5, 0.6) is 5.75 Å². The van der Waals surface area contributed by atoms with E-state index >= 15 is 0 Å². The maximum atomic E-state index is 11.9. The molecule has 3 aromatic rings. The van der Waals surface area contributed by atoms with Crippen molar-refractivity contribution in [1.29, 1.82) is 0 Å². The average molecular weight is 410 g/mol. The summed E-state index contributed by atoms with van der Waals surface area (Å²) >= 11 is 0. The second-order valence-electron chi connectivity index (χ2n) is 7.42. The number of nitrogens with zero attached hydrogens (tertiary/aromatic N) is 1. The minimum atomic E-state index is -0.943. The van der Waals surface area contributed by atoms with E-state index in [-0.39, 0.29) is 24.3 Å². The van der Waals surface area contributed by atoms with Crippen molar-refractivity contribution in [2.75, 3.05) is 6.61 Å². The molecule has 0 bridgehead atoms. The molecule has 7 heteroatoms. The van der Waals surface area contributed by atoms with Crippen LogP contribution in [0, 0.1) is 16.0 Å². The van der Waals surface area contributed by atoms with Gasteiger partial charge in [0, 0.05) is 29.8 Å². The van der Waals surface area contributed by atoms with Crippen LogP contribution in [0.15, 0.2) is 42.6 Å². The smallest absolute Gasteiger partial charge is 0.311 e.